The van der Waals surface area contributed by atoms with E-state index in [1.807, 2.05) is 51.1 Å². The Morgan fingerprint density at radius 2 is 1.63 bits per heavy atom. The Kier molecular flexibility index (Phi) is 3.57. The Hall–Kier alpha value is -1.89. The highest BCUT2D eigenvalue weighted by Gasteiger charge is 2.22. The monoisotopic (exact) mass is 252 g/mol. The average Bonchev–Trinajstić information content (AvgIpc) is 2.37. The van der Waals surface area contributed by atoms with E-state index in [9.17, 15) is 4.79 Å². The van der Waals surface area contributed by atoms with Crippen LogP contribution >= 0.6 is 0 Å². The van der Waals surface area contributed by atoms with Gasteiger partial charge in [0.2, 0.25) is 0 Å². The van der Waals surface area contributed by atoms with Crippen molar-refractivity contribution in [1.82, 2.24) is 0 Å². The summed E-state index contributed by atoms with van der Waals surface area (Å²) in [5.41, 5.74) is 3.96. The summed E-state index contributed by atoms with van der Waals surface area (Å²) in [4.78, 5) is 12.3. The summed E-state index contributed by atoms with van der Waals surface area (Å²) in [6.45, 7) is 7.95. The van der Waals surface area contributed by atoms with Crippen LogP contribution in [0.15, 0.2) is 48.5 Å². The zero-order valence-electron chi connectivity index (χ0n) is 12.0. The molecular formula is C18H20O. The molecule has 0 unspecified atom stereocenters. The van der Waals surface area contributed by atoms with E-state index in [-0.39, 0.29) is 11.2 Å². The molecule has 0 fully saturated rings. The lowest BCUT2D eigenvalue weighted by Crippen LogP contribution is -2.20. The van der Waals surface area contributed by atoms with Gasteiger partial charge < -0.3 is 0 Å². The van der Waals surface area contributed by atoms with Gasteiger partial charge in [-0.25, -0.2) is 0 Å². The first-order valence-corrected chi connectivity index (χ1v) is 6.60. The van der Waals surface area contributed by atoms with Crippen molar-refractivity contribution in [1.29, 1.82) is 0 Å². The average molecular weight is 252 g/mol. The molecule has 0 aliphatic heterocycles. The Morgan fingerprint density at radius 1 is 0.947 bits per heavy atom. The fourth-order valence-corrected chi connectivity index (χ4v) is 2.16. The molecule has 0 spiro atoms. The van der Waals surface area contributed by atoms with Gasteiger partial charge >= 0.3 is 0 Å². The maximum absolute atomic E-state index is 12.3. The standard InChI is InChI=1S/C18H20O/c1-13-8-5-6-11-16(13)14-9-7-10-15(12-14)17(19)18(2,3)4/h5-12H,1-4H3. The lowest BCUT2D eigenvalue weighted by molar-refractivity contribution is 0.0858. The van der Waals surface area contributed by atoms with Crippen molar-refractivity contribution in [3.63, 3.8) is 0 Å². The van der Waals surface area contributed by atoms with Crippen molar-refractivity contribution in [2.24, 2.45) is 5.41 Å². The third kappa shape index (κ3) is 2.93. The van der Waals surface area contributed by atoms with Crippen LogP contribution in [0.5, 0.6) is 0 Å². The number of ketones is 1. The fourth-order valence-electron chi connectivity index (χ4n) is 2.16. The normalized spacial score (nSPS) is 11.4. The predicted octanol–water partition coefficient (Wildman–Crippen LogP) is 4.89. The fraction of sp³-hybridized carbons (Fsp3) is 0.278. The molecule has 2 aromatic rings. The molecule has 0 aromatic heterocycles. The summed E-state index contributed by atoms with van der Waals surface area (Å²) >= 11 is 0. The molecule has 2 rings (SSSR count). The molecule has 19 heavy (non-hydrogen) atoms. The molecule has 0 radical (unpaired) electrons. The van der Waals surface area contributed by atoms with E-state index in [0.717, 1.165) is 11.1 Å². The van der Waals surface area contributed by atoms with E-state index in [1.54, 1.807) is 0 Å². The van der Waals surface area contributed by atoms with E-state index in [2.05, 4.69) is 25.1 Å². The summed E-state index contributed by atoms with van der Waals surface area (Å²) in [7, 11) is 0. The van der Waals surface area contributed by atoms with E-state index < -0.39 is 0 Å². The number of benzene rings is 2. The summed E-state index contributed by atoms with van der Waals surface area (Å²) in [5, 5.41) is 0. The van der Waals surface area contributed by atoms with Gasteiger partial charge in [0.05, 0.1) is 0 Å². The molecular weight excluding hydrogens is 232 g/mol. The third-order valence-corrected chi connectivity index (χ3v) is 3.26. The molecule has 0 aliphatic carbocycles. The van der Waals surface area contributed by atoms with Crippen LogP contribution in [0, 0.1) is 12.3 Å². The second kappa shape index (κ2) is 5.00. The van der Waals surface area contributed by atoms with E-state index in [0.29, 0.717) is 0 Å². The van der Waals surface area contributed by atoms with Crippen LogP contribution in [0.4, 0.5) is 0 Å². The van der Waals surface area contributed by atoms with Crippen molar-refractivity contribution in [3.05, 3.63) is 59.7 Å². The number of hydrogen-bond donors (Lipinski definition) is 0. The molecule has 0 saturated heterocycles. The minimum Gasteiger partial charge on any atom is -0.294 e. The minimum atomic E-state index is -0.343. The second-order valence-corrected chi connectivity index (χ2v) is 5.97. The largest absolute Gasteiger partial charge is 0.294 e. The van der Waals surface area contributed by atoms with Crippen molar-refractivity contribution >= 4 is 5.78 Å². The molecule has 98 valence electrons. The summed E-state index contributed by atoms with van der Waals surface area (Å²) < 4.78 is 0. The van der Waals surface area contributed by atoms with Crippen LogP contribution in [0.25, 0.3) is 11.1 Å². The number of hydrogen-bond acceptors (Lipinski definition) is 1. The predicted molar refractivity (Wildman–Crippen MR) is 80.4 cm³/mol. The Balaban J connectivity index is 2.47. The number of carbonyl (C=O) groups excluding carboxylic acids is 1. The molecule has 1 heteroatoms. The van der Waals surface area contributed by atoms with Crippen molar-refractivity contribution in [3.8, 4) is 11.1 Å². The van der Waals surface area contributed by atoms with Crippen LogP contribution in [-0.4, -0.2) is 5.78 Å². The molecule has 0 amide bonds. The van der Waals surface area contributed by atoms with Crippen molar-refractivity contribution < 1.29 is 4.79 Å². The maximum Gasteiger partial charge on any atom is 0.168 e. The van der Waals surface area contributed by atoms with Crippen molar-refractivity contribution in [2.45, 2.75) is 27.7 Å². The van der Waals surface area contributed by atoms with Crippen LogP contribution in [0.3, 0.4) is 0 Å². The molecule has 0 heterocycles. The van der Waals surface area contributed by atoms with Crippen LogP contribution in [0.1, 0.15) is 36.7 Å². The number of carbonyl (C=O) groups is 1. The van der Waals surface area contributed by atoms with E-state index in [1.165, 1.54) is 11.1 Å². The Morgan fingerprint density at radius 3 is 2.26 bits per heavy atom. The quantitative estimate of drug-likeness (QED) is 0.695. The third-order valence-electron chi connectivity index (χ3n) is 3.26. The van der Waals surface area contributed by atoms with Gasteiger partial charge in [0, 0.05) is 11.0 Å². The highest BCUT2D eigenvalue weighted by molar-refractivity contribution is 6.00. The number of aryl methyl sites for hydroxylation is 1. The highest BCUT2D eigenvalue weighted by atomic mass is 16.1. The maximum atomic E-state index is 12.3. The zero-order valence-corrected chi connectivity index (χ0v) is 12.0. The number of Topliss-reactive ketones (excluding diaryl/α,β-unsaturated/α-hetero) is 1. The summed E-state index contributed by atoms with van der Waals surface area (Å²) in [5.74, 6) is 0.183. The van der Waals surface area contributed by atoms with Gasteiger partial charge in [0.15, 0.2) is 5.78 Å². The first kappa shape index (κ1) is 13.5. The molecule has 1 nitrogen and oxygen atoms in total. The molecule has 0 saturated carbocycles. The van der Waals surface area contributed by atoms with Gasteiger partial charge in [-0.05, 0) is 29.7 Å². The first-order chi connectivity index (χ1) is 8.89. The van der Waals surface area contributed by atoms with Gasteiger partial charge in [0.25, 0.3) is 0 Å². The smallest absolute Gasteiger partial charge is 0.168 e. The van der Waals surface area contributed by atoms with Gasteiger partial charge in [-0.3, -0.25) is 4.79 Å². The SMILES string of the molecule is Cc1ccccc1-c1cccc(C(=O)C(C)(C)C)c1. The Bertz CT molecular complexity index is 603. The zero-order chi connectivity index (χ0) is 14.0. The molecule has 0 bridgehead atoms. The van der Waals surface area contributed by atoms with Gasteiger partial charge in [0.1, 0.15) is 0 Å². The molecule has 0 N–H and O–H groups in total. The minimum absolute atomic E-state index is 0.183. The topological polar surface area (TPSA) is 17.1 Å². The lowest BCUT2D eigenvalue weighted by atomic mass is 9.85. The van der Waals surface area contributed by atoms with Crippen LogP contribution < -0.4 is 0 Å². The highest BCUT2D eigenvalue weighted by Crippen LogP contribution is 2.27. The van der Waals surface area contributed by atoms with Gasteiger partial charge in [-0.2, -0.15) is 0 Å². The van der Waals surface area contributed by atoms with Crippen LogP contribution in [-0.2, 0) is 0 Å². The van der Waals surface area contributed by atoms with E-state index >= 15 is 0 Å². The van der Waals surface area contributed by atoms with Crippen molar-refractivity contribution in [2.75, 3.05) is 0 Å². The van der Waals surface area contributed by atoms with Crippen LogP contribution in [0.2, 0.25) is 0 Å². The van der Waals surface area contributed by atoms with Gasteiger partial charge in [-0.15, -0.1) is 0 Å². The Labute approximate surface area is 115 Å². The van der Waals surface area contributed by atoms with E-state index in [4.69, 9.17) is 0 Å². The number of rotatable bonds is 2. The summed E-state index contributed by atoms with van der Waals surface area (Å²) in [6, 6.07) is 16.2. The van der Waals surface area contributed by atoms with Gasteiger partial charge in [-0.1, -0.05) is 63.2 Å². The first-order valence-electron chi connectivity index (χ1n) is 6.60. The molecule has 0 aliphatic rings. The lowest BCUT2D eigenvalue weighted by Gasteiger charge is -2.17. The molecule has 0 atom stereocenters. The summed E-state index contributed by atoms with van der Waals surface area (Å²) in [6.07, 6.45) is 0. The molecule has 2 aromatic carbocycles. The second-order valence-electron chi connectivity index (χ2n) is 5.97.